The van der Waals surface area contributed by atoms with Crippen LogP contribution in [0.3, 0.4) is 0 Å². The van der Waals surface area contributed by atoms with Crippen LogP contribution in [0.2, 0.25) is 5.02 Å². The molecule has 1 aromatic rings. The summed E-state index contributed by atoms with van der Waals surface area (Å²) in [6.45, 7) is 0.376. The molecule has 0 aliphatic heterocycles. The number of aliphatic hydroxyl groups is 2. The monoisotopic (exact) mass is 363 g/mol. The van der Waals surface area contributed by atoms with E-state index >= 15 is 0 Å². The van der Waals surface area contributed by atoms with Crippen LogP contribution in [-0.4, -0.2) is 37.4 Å². The lowest BCUT2D eigenvalue weighted by molar-refractivity contribution is 0.122. The summed E-state index contributed by atoms with van der Waals surface area (Å²) in [5, 5.41) is 18.4. The van der Waals surface area contributed by atoms with Gasteiger partial charge in [-0.05, 0) is 28.9 Å². The van der Waals surface area contributed by atoms with Gasteiger partial charge in [-0.15, -0.1) is 11.3 Å². The predicted molar refractivity (Wildman–Crippen MR) is 69.9 cm³/mol. The van der Waals surface area contributed by atoms with Gasteiger partial charge in [0.15, 0.2) is 0 Å². The molecule has 0 radical (unpaired) electrons. The zero-order chi connectivity index (χ0) is 13.3. The van der Waals surface area contributed by atoms with E-state index in [4.69, 9.17) is 21.8 Å². The van der Waals surface area contributed by atoms with E-state index in [1.54, 1.807) is 0 Å². The van der Waals surface area contributed by atoms with Crippen LogP contribution in [-0.2, 0) is 10.0 Å². The van der Waals surface area contributed by atoms with Gasteiger partial charge < -0.3 is 10.2 Å². The van der Waals surface area contributed by atoms with Crippen molar-refractivity contribution in [2.45, 2.75) is 16.7 Å². The molecular weight excluding hydrogens is 354 g/mol. The van der Waals surface area contributed by atoms with Crippen molar-refractivity contribution >= 4 is 48.9 Å². The SMILES string of the molecule is CC(CO)(CO)NS(=O)(=O)c1cc(Cl)c(Br)s1. The molecule has 3 N–H and O–H groups in total. The molecule has 98 valence electrons. The van der Waals surface area contributed by atoms with Gasteiger partial charge in [-0.25, -0.2) is 8.42 Å². The van der Waals surface area contributed by atoms with Crippen LogP contribution >= 0.6 is 38.9 Å². The number of sulfonamides is 1. The topological polar surface area (TPSA) is 86.6 Å². The normalized spacial score (nSPS) is 13.0. The lowest BCUT2D eigenvalue weighted by Crippen LogP contribution is -2.51. The Balaban J connectivity index is 3.04. The van der Waals surface area contributed by atoms with Gasteiger partial charge in [0, 0.05) is 0 Å². The molecule has 17 heavy (non-hydrogen) atoms. The number of hydrogen-bond donors (Lipinski definition) is 3. The third-order valence-electron chi connectivity index (χ3n) is 1.97. The highest BCUT2D eigenvalue weighted by Crippen LogP contribution is 2.34. The molecule has 5 nitrogen and oxygen atoms in total. The maximum atomic E-state index is 11.9. The minimum atomic E-state index is -3.81. The molecule has 1 heterocycles. The smallest absolute Gasteiger partial charge is 0.250 e. The van der Waals surface area contributed by atoms with Gasteiger partial charge in [-0.3, -0.25) is 0 Å². The van der Waals surface area contributed by atoms with Crippen molar-refractivity contribution < 1.29 is 18.6 Å². The number of nitrogens with one attached hydrogen (secondary N) is 1. The number of rotatable bonds is 5. The largest absolute Gasteiger partial charge is 0.394 e. The van der Waals surface area contributed by atoms with E-state index in [2.05, 4.69) is 20.7 Å². The molecule has 1 aromatic heterocycles. The lowest BCUT2D eigenvalue weighted by atomic mass is 10.1. The fourth-order valence-corrected chi connectivity index (χ4v) is 4.74. The lowest BCUT2D eigenvalue weighted by Gasteiger charge is -2.25. The minimum Gasteiger partial charge on any atom is -0.394 e. The first-order valence-electron chi connectivity index (χ1n) is 4.44. The molecule has 0 amide bonds. The van der Waals surface area contributed by atoms with Crippen LogP contribution in [0.25, 0.3) is 0 Å². The summed E-state index contributed by atoms with van der Waals surface area (Å²) in [5.74, 6) is 0. The van der Waals surface area contributed by atoms with Gasteiger partial charge in [0.05, 0.1) is 27.6 Å². The van der Waals surface area contributed by atoms with Crippen molar-refractivity contribution in [2.75, 3.05) is 13.2 Å². The second-order valence-electron chi connectivity index (χ2n) is 3.67. The first-order chi connectivity index (χ1) is 7.74. The van der Waals surface area contributed by atoms with Crippen molar-refractivity contribution in [3.8, 4) is 0 Å². The van der Waals surface area contributed by atoms with E-state index in [1.165, 1.54) is 13.0 Å². The second-order valence-corrected chi connectivity index (χ2v) is 8.36. The van der Waals surface area contributed by atoms with Crippen LogP contribution in [0.5, 0.6) is 0 Å². The number of hydrogen-bond acceptors (Lipinski definition) is 5. The van der Waals surface area contributed by atoms with Gasteiger partial charge in [-0.2, -0.15) is 4.72 Å². The Hall–Kier alpha value is 0.300. The van der Waals surface area contributed by atoms with E-state index in [9.17, 15) is 8.42 Å². The van der Waals surface area contributed by atoms with Crippen molar-refractivity contribution in [2.24, 2.45) is 0 Å². The van der Waals surface area contributed by atoms with Gasteiger partial charge >= 0.3 is 0 Å². The van der Waals surface area contributed by atoms with E-state index in [0.29, 0.717) is 8.81 Å². The van der Waals surface area contributed by atoms with Gasteiger partial charge in [-0.1, -0.05) is 11.6 Å². The summed E-state index contributed by atoms with van der Waals surface area (Å²) in [5.41, 5.74) is -1.30. The Morgan fingerprint density at radius 2 is 2.06 bits per heavy atom. The molecule has 0 aliphatic carbocycles. The standard InChI is InChI=1S/C8H11BrClNO4S2/c1-8(3-12,4-13)11-17(14,15)6-2-5(10)7(9)16-6/h2,11-13H,3-4H2,1H3. The van der Waals surface area contributed by atoms with Crippen molar-refractivity contribution in [1.82, 2.24) is 4.72 Å². The third-order valence-corrected chi connectivity index (χ3v) is 6.55. The Labute approximate surface area is 117 Å². The van der Waals surface area contributed by atoms with Gasteiger partial charge in [0.1, 0.15) is 4.21 Å². The third kappa shape index (κ3) is 3.63. The van der Waals surface area contributed by atoms with E-state index in [0.717, 1.165) is 11.3 Å². The van der Waals surface area contributed by atoms with E-state index in [-0.39, 0.29) is 4.21 Å². The van der Waals surface area contributed by atoms with Crippen molar-refractivity contribution in [3.05, 3.63) is 14.9 Å². The molecule has 0 fully saturated rings. The van der Waals surface area contributed by atoms with Crippen molar-refractivity contribution in [3.63, 3.8) is 0 Å². The van der Waals surface area contributed by atoms with Crippen LogP contribution in [0.4, 0.5) is 0 Å². The minimum absolute atomic E-state index is 0.0162. The first-order valence-corrected chi connectivity index (χ1v) is 7.92. The second kappa shape index (κ2) is 5.52. The molecule has 0 atom stereocenters. The summed E-state index contributed by atoms with van der Waals surface area (Å²) in [6, 6.07) is 1.30. The maximum absolute atomic E-state index is 11.9. The Morgan fingerprint density at radius 3 is 2.41 bits per heavy atom. The summed E-state index contributed by atoms with van der Waals surface area (Å²) in [4.78, 5) is 0. The zero-order valence-corrected chi connectivity index (χ0v) is 12.7. The Kier molecular flexibility index (Phi) is 4.98. The molecule has 0 spiro atoms. The fraction of sp³-hybridized carbons (Fsp3) is 0.500. The molecular formula is C8H11BrClNO4S2. The van der Waals surface area contributed by atoms with E-state index < -0.39 is 28.8 Å². The average molecular weight is 365 g/mol. The van der Waals surface area contributed by atoms with Gasteiger partial charge in [0.2, 0.25) is 0 Å². The average Bonchev–Trinajstić information content (AvgIpc) is 2.59. The summed E-state index contributed by atoms with van der Waals surface area (Å²) < 4.78 is 26.6. The molecule has 0 aromatic carbocycles. The van der Waals surface area contributed by atoms with Crippen LogP contribution in [0.15, 0.2) is 14.1 Å². The van der Waals surface area contributed by atoms with Crippen molar-refractivity contribution in [1.29, 1.82) is 0 Å². The summed E-state index contributed by atoms with van der Waals surface area (Å²) >= 11 is 9.82. The summed E-state index contributed by atoms with van der Waals surface area (Å²) in [6.07, 6.45) is 0. The predicted octanol–water partition coefficient (Wildman–Crippen LogP) is 1.19. The fourth-order valence-electron chi connectivity index (χ4n) is 0.948. The highest BCUT2D eigenvalue weighted by molar-refractivity contribution is 9.11. The molecule has 9 heteroatoms. The van der Waals surface area contributed by atoms with E-state index in [1.807, 2.05) is 0 Å². The van der Waals surface area contributed by atoms with Gasteiger partial charge in [0.25, 0.3) is 10.0 Å². The molecule has 0 unspecified atom stereocenters. The van der Waals surface area contributed by atoms with Crippen LogP contribution < -0.4 is 4.72 Å². The highest BCUT2D eigenvalue weighted by Gasteiger charge is 2.30. The number of aliphatic hydroxyl groups excluding tert-OH is 2. The molecule has 1 rings (SSSR count). The molecule has 0 saturated heterocycles. The van der Waals surface area contributed by atoms with Crippen LogP contribution in [0.1, 0.15) is 6.92 Å². The Bertz CT molecular complexity index is 478. The number of thiophene rings is 1. The molecule has 0 saturated carbocycles. The summed E-state index contributed by atoms with van der Waals surface area (Å²) in [7, 11) is -3.81. The maximum Gasteiger partial charge on any atom is 0.250 e. The first kappa shape index (κ1) is 15.4. The van der Waals surface area contributed by atoms with Crippen LogP contribution in [0, 0.1) is 0 Å². The molecule has 0 aliphatic rings. The quantitative estimate of drug-likeness (QED) is 0.732. The Morgan fingerprint density at radius 1 is 1.53 bits per heavy atom. The highest BCUT2D eigenvalue weighted by atomic mass is 79.9. The molecule has 0 bridgehead atoms. The zero-order valence-electron chi connectivity index (χ0n) is 8.77. The number of halogens is 2.